The summed E-state index contributed by atoms with van der Waals surface area (Å²) in [6.07, 6.45) is 1.91. The standard InChI is InChI=1S/C22H23ClN2O2S/c1-24-10-8-17(9-11-24)25(18-4-3-5-19(14-18)27-2)22(26)21-12-15-6-7-16(23)13-20(15)28-21/h3-7,12-14,17H,8-11H2,1-2H3. The van der Waals surface area contributed by atoms with E-state index in [-0.39, 0.29) is 11.9 Å². The van der Waals surface area contributed by atoms with Crippen molar-refractivity contribution in [3.05, 3.63) is 58.4 Å². The molecule has 0 radical (unpaired) electrons. The summed E-state index contributed by atoms with van der Waals surface area (Å²) in [7, 11) is 3.78. The van der Waals surface area contributed by atoms with Gasteiger partial charge in [0.25, 0.3) is 5.91 Å². The second-order valence-electron chi connectivity index (χ2n) is 7.20. The fourth-order valence-corrected chi connectivity index (χ4v) is 5.01. The van der Waals surface area contributed by atoms with Gasteiger partial charge in [-0.15, -0.1) is 11.3 Å². The van der Waals surface area contributed by atoms with Crippen molar-refractivity contribution in [3.63, 3.8) is 0 Å². The van der Waals surface area contributed by atoms with Crippen molar-refractivity contribution in [1.29, 1.82) is 0 Å². The number of carbonyl (C=O) groups is 1. The highest BCUT2D eigenvalue weighted by Crippen LogP contribution is 2.33. The van der Waals surface area contributed by atoms with E-state index in [0.717, 1.165) is 52.3 Å². The van der Waals surface area contributed by atoms with E-state index < -0.39 is 0 Å². The maximum Gasteiger partial charge on any atom is 0.268 e. The maximum atomic E-state index is 13.6. The summed E-state index contributed by atoms with van der Waals surface area (Å²) >= 11 is 7.63. The van der Waals surface area contributed by atoms with Crippen molar-refractivity contribution in [2.24, 2.45) is 0 Å². The number of nitrogens with zero attached hydrogens (tertiary/aromatic N) is 2. The third-order valence-electron chi connectivity index (χ3n) is 5.30. The van der Waals surface area contributed by atoms with E-state index in [4.69, 9.17) is 16.3 Å². The summed E-state index contributed by atoms with van der Waals surface area (Å²) in [6, 6.07) is 15.7. The third kappa shape index (κ3) is 3.88. The normalized spacial score (nSPS) is 15.7. The lowest BCUT2D eigenvalue weighted by atomic mass is 10.0. The van der Waals surface area contributed by atoms with Gasteiger partial charge in [0.15, 0.2) is 0 Å². The molecule has 1 amide bonds. The van der Waals surface area contributed by atoms with Gasteiger partial charge >= 0.3 is 0 Å². The Labute approximate surface area is 174 Å². The molecule has 0 unspecified atom stereocenters. The molecule has 28 heavy (non-hydrogen) atoms. The van der Waals surface area contributed by atoms with Crippen molar-refractivity contribution in [2.75, 3.05) is 32.1 Å². The summed E-state index contributed by atoms with van der Waals surface area (Å²) in [6.45, 7) is 1.97. The molecule has 1 saturated heterocycles. The number of carbonyl (C=O) groups excluding carboxylic acids is 1. The van der Waals surface area contributed by atoms with Crippen LogP contribution < -0.4 is 9.64 Å². The summed E-state index contributed by atoms with van der Waals surface area (Å²) in [5.41, 5.74) is 0.884. The molecule has 2 heterocycles. The Balaban J connectivity index is 1.73. The average molecular weight is 415 g/mol. The molecular weight excluding hydrogens is 392 g/mol. The van der Waals surface area contributed by atoms with Crippen LogP contribution in [0.4, 0.5) is 5.69 Å². The van der Waals surface area contributed by atoms with Crippen molar-refractivity contribution in [1.82, 2.24) is 4.90 Å². The molecule has 1 aromatic heterocycles. The van der Waals surface area contributed by atoms with Crippen LogP contribution >= 0.6 is 22.9 Å². The predicted molar refractivity (Wildman–Crippen MR) is 117 cm³/mol. The van der Waals surface area contributed by atoms with Crippen LogP contribution in [-0.2, 0) is 0 Å². The Kier molecular flexibility index (Phi) is 5.58. The van der Waals surface area contributed by atoms with E-state index in [9.17, 15) is 4.79 Å². The van der Waals surface area contributed by atoms with E-state index in [2.05, 4.69) is 11.9 Å². The lowest BCUT2D eigenvalue weighted by Crippen LogP contribution is -2.46. The van der Waals surface area contributed by atoms with Crippen LogP contribution in [0, 0.1) is 0 Å². The van der Waals surface area contributed by atoms with E-state index in [0.29, 0.717) is 5.02 Å². The zero-order chi connectivity index (χ0) is 19.7. The van der Waals surface area contributed by atoms with E-state index in [1.165, 1.54) is 11.3 Å². The molecule has 6 heteroatoms. The van der Waals surface area contributed by atoms with Gasteiger partial charge in [0.1, 0.15) is 5.75 Å². The number of methoxy groups -OCH3 is 1. The molecule has 0 aliphatic carbocycles. The highest BCUT2D eigenvalue weighted by atomic mass is 35.5. The quantitative estimate of drug-likeness (QED) is 0.580. The lowest BCUT2D eigenvalue weighted by Gasteiger charge is -2.37. The minimum absolute atomic E-state index is 0.0418. The Morgan fingerprint density at radius 2 is 1.96 bits per heavy atom. The molecule has 4 rings (SSSR count). The largest absolute Gasteiger partial charge is 0.497 e. The van der Waals surface area contributed by atoms with E-state index >= 15 is 0 Å². The number of benzene rings is 2. The topological polar surface area (TPSA) is 32.8 Å². The maximum absolute atomic E-state index is 13.6. The fraction of sp³-hybridized carbons (Fsp3) is 0.318. The molecule has 4 nitrogen and oxygen atoms in total. The smallest absolute Gasteiger partial charge is 0.268 e. The van der Waals surface area contributed by atoms with Gasteiger partial charge in [-0.3, -0.25) is 4.79 Å². The first-order chi connectivity index (χ1) is 13.5. The molecule has 1 aliphatic heterocycles. The van der Waals surface area contributed by atoms with Crippen LogP contribution in [-0.4, -0.2) is 44.1 Å². The molecular formula is C22H23ClN2O2S. The number of piperidine rings is 1. The van der Waals surface area contributed by atoms with Crippen molar-refractivity contribution in [3.8, 4) is 5.75 Å². The highest BCUT2D eigenvalue weighted by Gasteiger charge is 2.30. The highest BCUT2D eigenvalue weighted by molar-refractivity contribution is 7.21. The average Bonchev–Trinajstić information content (AvgIpc) is 3.13. The molecule has 0 spiro atoms. The molecule has 0 bridgehead atoms. The molecule has 1 aliphatic rings. The number of fused-ring (bicyclic) bond motifs is 1. The van der Waals surface area contributed by atoms with E-state index in [1.54, 1.807) is 7.11 Å². The molecule has 1 fully saturated rings. The van der Waals surface area contributed by atoms with Crippen LogP contribution in [0.5, 0.6) is 5.75 Å². The Bertz CT molecular complexity index is 995. The molecule has 0 atom stereocenters. The van der Waals surface area contributed by atoms with Crippen molar-refractivity contribution >= 4 is 44.6 Å². The lowest BCUT2D eigenvalue weighted by molar-refractivity contribution is 0.0967. The molecule has 146 valence electrons. The number of halogens is 1. The van der Waals surface area contributed by atoms with Crippen LogP contribution in [0.3, 0.4) is 0 Å². The number of likely N-dealkylation sites (tertiary alicyclic amines) is 1. The van der Waals surface area contributed by atoms with Crippen LogP contribution in [0.1, 0.15) is 22.5 Å². The molecule has 3 aromatic rings. The van der Waals surface area contributed by atoms with E-state index in [1.807, 2.05) is 53.4 Å². The van der Waals surface area contributed by atoms with Crippen molar-refractivity contribution in [2.45, 2.75) is 18.9 Å². The number of thiophene rings is 1. The SMILES string of the molecule is COc1cccc(N(C(=O)c2cc3ccc(Cl)cc3s2)C2CCN(C)CC2)c1. The third-order valence-corrected chi connectivity index (χ3v) is 6.62. The van der Waals surface area contributed by atoms with Crippen LogP contribution in [0.2, 0.25) is 5.02 Å². The van der Waals surface area contributed by atoms with Gasteiger partial charge in [-0.05, 0) is 68.7 Å². The first kappa shape index (κ1) is 19.2. The Morgan fingerprint density at radius 3 is 2.71 bits per heavy atom. The first-order valence-corrected chi connectivity index (χ1v) is 10.6. The number of amides is 1. The Morgan fingerprint density at radius 1 is 1.18 bits per heavy atom. The van der Waals surface area contributed by atoms with Gasteiger partial charge in [-0.25, -0.2) is 0 Å². The summed E-state index contributed by atoms with van der Waals surface area (Å²) in [5.74, 6) is 0.798. The summed E-state index contributed by atoms with van der Waals surface area (Å²) < 4.78 is 6.43. The molecule has 2 aromatic carbocycles. The van der Waals surface area contributed by atoms with Gasteiger partial charge in [-0.1, -0.05) is 23.7 Å². The number of hydrogen-bond donors (Lipinski definition) is 0. The molecule has 0 saturated carbocycles. The zero-order valence-electron chi connectivity index (χ0n) is 16.0. The monoisotopic (exact) mass is 414 g/mol. The second kappa shape index (κ2) is 8.11. The van der Waals surface area contributed by atoms with Crippen molar-refractivity contribution < 1.29 is 9.53 Å². The Hall–Kier alpha value is -2.08. The number of ether oxygens (including phenoxy) is 1. The number of hydrogen-bond acceptors (Lipinski definition) is 4. The van der Waals surface area contributed by atoms with Gasteiger partial charge in [-0.2, -0.15) is 0 Å². The second-order valence-corrected chi connectivity index (χ2v) is 8.72. The minimum Gasteiger partial charge on any atom is -0.497 e. The summed E-state index contributed by atoms with van der Waals surface area (Å²) in [4.78, 5) is 18.6. The van der Waals surface area contributed by atoms with Gasteiger partial charge in [0.05, 0.1) is 12.0 Å². The minimum atomic E-state index is 0.0418. The predicted octanol–water partition coefficient (Wildman–Crippen LogP) is 5.30. The number of rotatable bonds is 4. The van der Waals surface area contributed by atoms with Gasteiger partial charge < -0.3 is 14.5 Å². The van der Waals surface area contributed by atoms with Gasteiger partial charge in [0.2, 0.25) is 0 Å². The zero-order valence-corrected chi connectivity index (χ0v) is 17.6. The van der Waals surface area contributed by atoms with Crippen LogP contribution in [0.15, 0.2) is 48.5 Å². The molecule has 0 N–H and O–H groups in total. The number of anilines is 1. The van der Waals surface area contributed by atoms with Crippen LogP contribution in [0.25, 0.3) is 10.1 Å². The van der Waals surface area contributed by atoms with Gasteiger partial charge in [0, 0.05) is 27.5 Å². The fourth-order valence-electron chi connectivity index (χ4n) is 3.74. The first-order valence-electron chi connectivity index (χ1n) is 9.40. The summed E-state index contributed by atoms with van der Waals surface area (Å²) in [5, 5.41) is 1.74.